The molecule has 150 valence electrons. The molecular formula is C23H28O5. The van der Waals surface area contributed by atoms with Crippen LogP contribution in [0.15, 0.2) is 42.5 Å². The molecule has 0 bridgehead atoms. The lowest BCUT2D eigenvalue weighted by molar-refractivity contribution is -0.131. The molecule has 0 aromatic heterocycles. The summed E-state index contributed by atoms with van der Waals surface area (Å²) < 4.78 is 17.2. The van der Waals surface area contributed by atoms with E-state index in [1.165, 1.54) is 11.6 Å². The lowest BCUT2D eigenvalue weighted by Gasteiger charge is -2.24. The molecule has 0 aliphatic carbocycles. The van der Waals surface area contributed by atoms with E-state index in [0.717, 1.165) is 23.0 Å². The molecule has 2 aromatic carbocycles. The van der Waals surface area contributed by atoms with E-state index >= 15 is 0 Å². The van der Waals surface area contributed by atoms with Crippen LogP contribution in [0.5, 0.6) is 17.2 Å². The number of carbonyl (C=O) groups is 1. The molecule has 0 saturated carbocycles. The van der Waals surface area contributed by atoms with Crippen molar-refractivity contribution in [2.24, 2.45) is 0 Å². The zero-order valence-electron chi connectivity index (χ0n) is 17.1. The maximum atomic E-state index is 10.6. The number of aryl methyl sites for hydroxylation is 1. The molecule has 0 heterocycles. The molecule has 2 rings (SSSR count). The van der Waals surface area contributed by atoms with Crippen molar-refractivity contribution in [1.82, 2.24) is 0 Å². The minimum atomic E-state index is -0.998. The third-order valence-corrected chi connectivity index (χ3v) is 4.21. The summed E-state index contributed by atoms with van der Waals surface area (Å²) in [5.41, 5.74) is 2.97. The molecular weight excluding hydrogens is 356 g/mol. The number of para-hydroxylation sites is 1. The summed E-state index contributed by atoms with van der Waals surface area (Å²) in [6, 6.07) is 11.4. The molecule has 5 nitrogen and oxygen atoms in total. The zero-order chi connectivity index (χ0) is 20.7. The van der Waals surface area contributed by atoms with Crippen molar-refractivity contribution in [3.8, 4) is 17.2 Å². The van der Waals surface area contributed by atoms with Gasteiger partial charge in [-0.25, -0.2) is 4.79 Å². The van der Waals surface area contributed by atoms with Gasteiger partial charge in [0.1, 0.15) is 19.0 Å². The van der Waals surface area contributed by atoms with Crippen molar-refractivity contribution >= 4 is 12.0 Å². The Bertz CT molecular complexity index is 847. The normalized spacial score (nSPS) is 11.5. The highest BCUT2D eigenvalue weighted by Gasteiger charge is 2.20. The Labute approximate surface area is 166 Å². The van der Waals surface area contributed by atoms with Crippen LogP contribution in [0.1, 0.15) is 37.5 Å². The number of hydrogen-bond donors (Lipinski definition) is 1. The van der Waals surface area contributed by atoms with Gasteiger partial charge in [0, 0.05) is 6.08 Å². The van der Waals surface area contributed by atoms with E-state index in [-0.39, 0.29) is 5.41 Å². The molecule has 5 heteroatoms. The average Bonchev–Trinajstić information content (AvgIpc) is 2.64. The Morgan fingerprint density at radius 1 is 1.07 bits per heavy atom. The lowest BCUT2D eigenvalue weighted by Crippen LogP contribution is -2.16. The Kier molecular flexibility index (Phi) is 7.10. The molecule has 0 saturated heterocycles. The smallest absolute Gasteiger partial charge is 0.328 e. The SMILES string of the molecule is COc1cc(/C=C/C(=O)O)ccc1OCCOc1c(C)cccc1C(C)(C)C. The van der Waals surface area contributed by atoms with Crippen molar-refractivity contribution in [2.75, 3.05) is 20.3 Å². The standard InChI is InChI=1S/C23H28O5/c1-16-7-6-8-18(23(2,3)4)22(16)28-14-13-27-19-11-9-17(10-12-21(24)25)15-20(19)26-5/h6-12,15H,13-14H2,1-5H3,(H,24,25)/b12-10+. The second-order valence-electron chi connectivity index (χ2n) is 7.48. The van der Waals surface area contributed by atoms with Crippen LogP contribution in [0.4, 0.5) is 0 Å². The second kappa shape index (κ2) is 9.31. The third kappa shape index (κ3) is 5.78. The van der Waals surface area contributed by atoms with Crippen LogP contribution in [0.2, 0.25) is 0 Å². The van der Waals surface area contributed by atoms with E-state index in [2.05, 4.69) is 26.8 Å². The summed E-state index contributed by atoms with van der Waals surface area (Å²) in [5, 5.41) is 8.73. The Morgan fingerprint density at radius 2 is 1.79 bits per heavy atom. The number of carboxylic acid groups (broad SMARTS) is 1. The second-order valence-corrected chi connectivity index (χ2v) is 7.48. The molecule has 0 radical (unpaired) electrons. The minimum Gasteiger partial charge on any atom is -0.493 e. The predicted octanol–water partition coefficient (Wildman–Crippen LogP) is 4.86. The van der Waals surface area contributed by atoms with Crippen LogP contribution in [-0.4, -0.2) is 31.4 Å². The fourth-order valence-electron chi connectivity index (χ4n) is 2.80. The third-order valence-electron chi connectivity index (χ3n) is 4.21. The van der Waals surface area contributed by atoms with Gasteiger partial charge in [-0.2, -0.15) is 0 Å². The van der Waals surface area contributed by atoms with E-state index in [9.17, 15) is 4.79 Å². The molecule has 0 fully saturated rings. The van der Waals surface area contributed by atoms with Crippen LogP contribution in [0, 0.1) is 6.92 Å². The van der Waals surface area contributed by atoms with E-state index in [1.54, 1.807) is 25.3 Å². The number of methoxy groups -OCH3 is 1. The first-order chi connectivity index (χ1) is 13.2. The van der Waals surface area contributed by atoms with Gasteiger partial charge in [0.2, 0.25) is 0 Å². The summed E-state index contributed by atoms with van der Waals surface area (Å²) in [5.74, 6) is 1.03. The van der Waals surface area contributed by atoms with Gasteiger partial charge in [0.15, 0.2) is 11.5 Å². The monoisotopic (exact) mass is 384 g/mol. The quantitative estimate of drug-likeness (QED) is 0.520. The first kappa shape index (κ1) is 21.4. The largest absolute Gasteiger partial charge is 0.493 e. The summed E-state index contributed by atoms with van der Waals surface area (Å²) >= 11 is 0. The average molecular weight is 384 g/mol. The van der Waals surface area contributed by atoms with Gasteiger partial charge in [-0.3, -0.25) is 0 Å². The molecule has 2 aromatic rings. The van der Waals surface area contributed by atoms with E-state index in [4.69, 9.17) is 19.3 Å². The lowest BCUT2D eigenvalue weighted by atomic mass is 9.85. The highest BCUT2D eigenvalue weighted by atomic mass is 16.5. The number of rotatable bonds is 8. The van der Waals surface area contributed by atoms with Crippen molar-refractivity contribution < 1.29 is 24.1 Å². The van der Waals surface area contributed by atoms with Gasteiger partial charge >= 0.3 is 5.97 Å². The van der Waals surface area contributed by atoms with Crippen molar-refractivity contribution in [1.29, 1.82) is 0 Å². The fraction of sp³-hybridized carbons (Fsp3) is 0.348. The Hall–Kier alpha value is -2.95. The molecule has 0 atom stereocenters. The van der Waals surface area contributed by atoms with E-state index in [1.807, 2.05) is 19.1 Å². The first-order valence-corrected chi connectivity index (χ1v) is 9.17. The highest BCUT2D eigenvalue weighted by Crippen LogP contribution is 2.34. The molecule has 0 amide bonds. The van der Waals surface area contributed by atoms with Gasteiger partial charge < -0.3 is 19.3 Å². The van der Waals surface area contributed by atoms with E-state index in [0.29, 0.717) is 24.7 Å². The van der Waals surface area contributed by atoms with E-state index < -0.39 is 5.97 Å². The van der Waals surface area contributed by atoms with Gasteiger partial charge in [-0.15, -0.1) is 0 Å². The Morgan fingerprint density at radius 3 is 2.43 bits per heavy atom. The van der Waals surface area contributed by atoms with Gasteiger partial charge in [0.05, 0.1) is 7.11 Å². The molecule has 0 aliphatic rings. The predicted molar refractivity (Wildman–Crippen MR) is 111 cm³/mol. The molecule has 28 heavy (non-hydrogen) atoms. The van der Waals surface area contributed by atoms with Gasteiger partial charge in [-0.1, -0.05) is 45.0 Å². The minimum absolute atomic E-state index is 0.00920. The summed E-state index contributed by atoms with van der Waals surface area (Å²) in [4.78, 5) is 10.6. The highest BCUT2D eigenvalue weighted by molar-refractivity contribution is 5.85. The van der Waals surface area contributed by atoms with Crippen LogP contribution in [0.25, 0.3) is 6.08 Å². The van der Waals surface area contributed by atoms with Crippen molar-refractivity contribution in [3.05, 3.63) is 59.2 Å². The van der Waals surface area contributed by atoms with Crippen LogP contribution < -0.4 is 14.2 Å². The summed E-state index contributed by atoms with van der Waals surface area (Å²) in [6.45, 7) is 9.29. The van der Waals surface area contributed by atoms with Crippen LogP contribution in [0.3, 0.4) is 0 Å². The van der Waals surface area contributed by atoms with Crippen LogP contribution in [-0.2, 0) is 10.2 Å². The Balaban J connectivity index is 2.02. The zero-order valence-corrected chi connectivity index (χ0v) is 17.1. The summed E-state index contributed by atoms with van der Waals surface area (Å²) in [6.07, 6.45) is 2.59. The number of carboxylic acids is 1. The number of ether oxygens (including phenoxy) is 3. The van der Waals surface area contributed by atoms with Crippen molar-refractivity contribution in [2.45, 2.75) is 33.1 Å². The topological polar surface area (TPSA) is 65.0 Å². The van der Waals surface area contributed by atoms with Gasteiger partial charge in [-0.05, 0) is 47.2 Å². The number of aliphatic carboxylic acids is 1. The van der Waals surface area contributed by atoms with Crippen LogP contribution >= 0.6 is 0 Å². The maximum absolute atomic E-state index is 10.6. The first-order valence-electron chi connectivity index (χ1n) is 9.17. The summed E-state index contributed by atoms with van der Waals surface area (Å²) in [7, 11) is 1.55. The van der Waals surface area contributed by atoms with Gasteiger partial charge in [0.25, 0.3) is 0 Å². The molecule has 1 N–H and O–H groups in total. The van der Waals surface area contributed by atoms with Crippen molar-refractivity contribution in [3.63, 3.8) is 0 Å². The fourth-order valence-corrected chi connectivity index (χ4v) is 2.80. The maximum Gasteiger partial charge on any atom is 0.328 e. The number of benzene rings is 2. The molecule has 0 spiro atoms. The molecule has 0 unspecified atom stereocenters. The number of hydrogen-bond acceptors (Lipinski definition) is 4. The molecule has 0 aliphatic heterocycles.